The van der Waals surface area contributed by atoms with Gasteiger partial charge in [-0.15, -0.1) is 0 Å². The van der Waals surface area contributed by atoms with Gasteiger partial charge in [-0.3, -0.25) is 0 Å². The Morgan fingerprint density at radius 1 is 0.964 bits per heavy atom. The quantitative estimate of drug-likeness (QED) is 0.483. The second kappa shape index (κ2) is 10.2. The van der Waals surface area contributed by atoms with E-state index in [1.165, 1.54) is 14.2 Å². The van der Waals surface area contributed by atoms with Gasteiger partial charge < -0.3 is 18.9 Å². The van der Waals surface area contributed by atoms with E-state index in [1.807, 2.05) is 12.1 Å². The number of ether oxygens (including phenoxy) is 4. The lowest BCUT2D eigenvalue weighted by molar-refractivity contribution is 0.00122. The van der Waals surface area contributed by atoms with Gasteiger partial charge >= 0.3 is 0 Å². The molecule has 0 aliphatic heterocycles. The van der Waals surface area contributed by atoms with Crippen molar-refractivity contribution in [3.63, 3.8) is 0 Å². The summed E-state index contributed by atoms with van der Waals surface area (Å²) in [7, 11) is 2.83. The van der Waals surface area contributed by atoms with Crippen molar-refractivity contribution >= 4 is 0 Å². The predicted molar refractivity (Wildman–Crippen MR) is 100 cm³/mol. The van der Waals surface area contributed by atoms with E-state index in [2.05, 4.69) is 16.5 Å². The van der Waals surface area contributed by atoms with Gasteiger partial charge in [-0.25, -0.2) is 0 Å². The van der Waals surface area contributed by atoms with Crippen molar-refractivity contribution in [1.82, 2.24) is 9.97 Å². The maximum Gasteiger partial charge on any atom is 0.248 e. The largest absolute Gasteiger partial charge is 0.480 e. The van der Waals surface area contributed by atoms with Crippen LogP contribution < -0.4 is 18.9 Å². The fourth-order valence-electron chi connectivity index (χ4n) is 2.14. The van der Waals surface area contributed by atoms with Crippen molar-refractivity contribution in [2.75, 3.05) is 14.2 Å². The Balaban J connectivity index is 2.25. The maximum atomic E-state index is 9.06. The average Bonchev–Trinajstić information content (AvgIpc) is 2.73. The Kier molecular flexibility index (Phi) is 7.38. The number of allylic oxidation sites excluding steroid dienone is 2. The number of nitriles is 2. The van der Waals surface area contributed by atoms with E-state index in [1.54, 1.807) is 42.5 Å². The first kappa shape index (κ1) is 20.3. The number of hydrogen-bond acceptors (Lipinski definition) is 8. The standard InChI is InChI=1S/C20H18N4O4/c1-4-5-6-7-18(27-16-10-8-14(12-21)19(23-16)25-2)28-17-11-9-15(13-22)20(24-17)26-3/h4-6,8-11,18H,1,7H2,2-3H3/b6-5-. The highest BCUT2D eigenvalue weighted by molar-refractivity contribution is 5.41. The third kappa shape index (κ3) is 5.23. The summed E-state index contributed by atoms with van der Waals surface area (Å²) >= 11 is 0. The molecule has 0 bridgehead atoms. The first-order chi connectivity index (χ1) is 13.6. The van der Waals surface area contributed by atoms with Gasteiger partial charge in [-0.2, -0.15) is 20.5 Å². The van der Waals surface area contributed by atoms with Crippen LogP contribution in [-0.4, -0.2) is 30.5 Å². The Morgan fingerprint density at radius 3 is 1.86 bits per heavy atom. The monoisotopic (exact) mass is 378 g/mol. The van der Waals surface area contributed by atoms with E-state index < -0.39 is 6.29 Å². The van der Waals surface area contributed by atoms with Gasteiger partial charge in [0.25, 0.3) is 0 Å². The first-order valence-electron chi connectivity index (χ1n) is 8.16. The number of nitrogens with zero attached hydrogens (tertiary/aromatic N) is 4. The molecule has 8 nitrogen and oxygen atoms in total. The topological polar surface area (TPSA) is 110 Å². The zero-order valence-corrected chi connectivity index (χ0v) is 15.5. The SMILES string of the molecule is C=C/C=C\CC(Oc1ccc(C#N)c(OC)n1)Oc1ccc(C#N)c(OC)n1. The molecule has 2 heterocycles. The van der Waals surface area contributed by atoms with Crippen molar-refractivity contribution in [1.29, 1.82) is 10.5 Å². The lowest BCUT2D eigenvalue weighted by Crippen LogP contribution is -2.24. The maximum absolute atomic E-state index is 9.06. The molecule has 0 fully saturated rings. The minimum atomic E-state index is -0.786. The molecule has 0 saturated carbocycles. The molecule has 142 valence electrons. The third-order valence-corrected chi connectivity index (χ3v) is 3.40. The Morgan fingerprint density at radius 2 is 1.46 bits per heavy atom. The fraction of sp³-hybridized carbons (Fsp3) is 0.200. The number of methoxy groups -OCH3 is 2. The van der Waals surface area contributed by atoms with E-state index in [-0.39, 0.29) is 34.6 Å². The summed E-state index contributed by atoms with van der Waals surface area (Å²) in [5, 5.41) is 18.1. The molecular weight excluding hydrogens is 360 g/mol. The van der Waals surface area contributed by atoms with Crippen LogP contribution in [-0.2, 0) is 0 Å². The molecule has 0 aromatic carbocycles. The summed E-state index contributed by atoms with van der Waals surface area (Å²) in [6.45, 7) is 3.62. The highest BCUT2D eigenvalue weighted by Crippen LogP contribution is 2.23. The van der Waals surface area contributed by atoms with Gasteiger partial charge in [-0.05, 0) is 12.1 Å². The Bertz CT molecular complexity index is 877. The highest BCUT2D eigenvalue weighted by atomic mass is 16.7. The predicted octanol–water partition coefficient (Wildman–Crippen LogP) is 3.15. The summed E-state index contributed by atoms with van der Waals surface area (Å²) < 4.78 is 21.7. The van der Waals surface area contributed by atoms with Crippen LogP contribution in [0.1, 0.15) is 17.5 Å². The molecule has 0 atom stereocenters. The van der Waals surface area contributed by atoms with Crippen LogP contribution in [0, 0.1) is 22.7 Å². The van der Waals surface area contributed by atoms with Crippen LogP contribution in [0.5, 0.6) is 23.5 Å². The van der Waals surface area contributed by atoms with Crippen LogP contribution in [0.15, 0.2) is 49.1 Å². The molecule has 0 aliphatic rings. The summed E-state index contributed by atoms with van der Waals surface area (Å²) in [5.74, 6) is 0.735. The smallest absolute Gasteiger partial charge is 0.248 e. The molecule has 2 rings (SSSR count). The first-order valence-corrected chi connectivity index (χ1v) is 8.16. The van der Waals surface area contributed by atoms with Crippen LogP contribution >= 0.6 is 0 Å². The van der Waals surface area contributed by atoms with E-state index >= 15 is 0 Å². The molecule has 28 heavy (non-hydrogen) atoms. The molecule has 0 aliphatic carbocycles. The van der Waals surface area contributed by atoms with Gasteiger partial charge in [0.05, 0.1) is 14.2 Å². The third-order valence-electron chi connectivity index (χ3n) is 3.40. The lowest BCUT2D eigenvalue weighted by atomic mass is 10.3. The summed E-state index contributed by atoms with van der Waals surface area (Å²) in [6.07, 6.45) is 4.76. The second-order valence-corrected chi connectivity index (χ2v) is 5.20. The molecule has 0 spiro atoms. The molecule has 8 heteroatoms. The zero-order valence-electron chi connectivity index (χ0n) is 15.5. The summed E-state index contributed by atoms with van der Waals surface area (Å²) in [4.78, 5) is 8.31. The zero-order chi connectivity index (χ0) is 20.4. The number of aromatic nitrogens is 2. The van der Waals surface area contributed by atoms with E-state index in [0.717, 1.165) is 0 Å². The van der Waals surface area contributed by atoms with E-state index in [0.29, 0.717) is 6.42 Å². The van der Waals surface area contributed by atoms with Crippen LogP contribution in [0.2, 0.25) is 0 Å². The fourth-order valence-corrected chi connectivity index (χ4v) is 2.14. The summed E-state index contributed by atoms with van der Waals surface area (Å²) in [5.41, 5.74) is 0.578. The molecule has 0 radical (unpaired) electrons. The summed E-state index contributed by atoms with van der Waals surface area (Å²) in [6, 6.07) is 10.1. The Labute approximate surface area is 162 Å². The van der Waals surface area contributed by atoms with Crippen molar-refractivity contribution in [3.05, 3.63) is 60.2 Å². The van der Waals surface area contributed by atoms with Gasteiger partial charge in [0.15, 0.2) is 0 Å². The normalized spacial score (nSPS) is 10.2. The van der Waals surface area contributed by atoms with Crippen LogP contribution in [0.4, 0.5) is 0 Å². The molecule has 2 aromatic rings. The minimum absolute atomic E-state index is 0.151. The van der Waals surface area contributed by atoms with Gasteiger partial charge in [0.1, 0.15) is 23.3 Å². The van der Waals surface area contributed by atoms with Gasteiger partial charge in [0, 0.05) is 18.6 Å². The van der Waals surface area contributed by atoms with Gasteiger partial charge in [0.2, 0.25) is 29.8 Å². The van der Waals surface area contributed by atoms with Crippen molar-refractivity contribution in [3.8, 4) is 35.7 Å². The lowest BCUT2D eigenvalue weighted by Gasteiger charge is -2.19. The van der Waals surface area contributed by atoms with Crippen LogP contribution in [0.3, 0.4) is 0 Å². The molecule has 0 N–H and O–H groups in total. The van der Waals surface area contributed by atoms with E-state index in [4.69, 9.17) is 29.5 Å². The minimum Gasteiger partial charge on any atom is -0.480 e. The van der Waals surface area contributed by atoms with Crippen LogP contribution in [0.25, 0.3) is 0 Å². The number of rotatable bonds is 9. The molecular formula is C20H18N4O4. The number of hydrogen-bond donors (Lipinski definition) is 0. The van der Waals surface area contributed by atoms with Crippen molar-refractivity contribution < 1.29 is 18.9 Å². The molecule has 0 unspecified atom stereocenters. The van der Waals surface area contributed by atoms with Gasteiger partial charge in [-0.1, -0.05) is 24.8 Å². The van der Waals surface area contributed by atoms with E-state index in [9.17, 15) is 0 Å². The van der Waals surface area contributed by atoms with Crippen molar-refractivity contribution in [2.45, 2.75) is 12.7 Å². The highest BCUT2D eigenvalue weighted by Gasteiger charge is 2.16. The second-order valence-electron chi connectivity index (χ2n) is 5.20. The molecule has 0 saturated heterocycles. The average molecular weight is 378 g/mol. The number of pyridine rings is 2. The molecule has 2 aromatic heterocycles. The van der Waals surface area contributed by atoms with Crippen molar-refractivity contribution in [2.24, 2.45) is 0 Å². The Hall–Kier alpha value is -4.04. The molecule has 0 amide bonds.